The summed E-state index contributed by atoms with van der Waals surface area (Å²) in [4.78, 5) is 34.0. The summed E-state index contributed by atoms with van der Waals surface area (Å²) in [5.41, 5.74) is 4.81. The van der Waals surface area contributed by atoms with Gasteiger partial charge in [-0.15, -0.1) is 11.8 Å². The molecular weight excluding hydrogens is 436 g/mol. The maximum atomic E-state index is 12.7. The molecule has 0 aliphatic rings. The number of primary amides is 1. The second-order valence-corrected chi connectivity index (χ2v) is 7.56. The van der Waals surface area contributed by atoms with Gasteiger partial charge in [0.05, 0.1) is 31.2 Å². The Bertz CT molecular complexity index is 931. The first-order valence-electron chi connectivity index (χ1n) is 7.43. The number of nitro groups is 1. The van der Waals surface area contributed by atoms with Crippen LogP contribution in [0.4, 0.5) is 20.2 Å². The summed E-state index contributed by atoms with van der Waals surface area (Å²) in [5, 5.41) is 13.7. The molecule has 3 N–H and O–H groups in total. The molecule has 0 saturated heterocycles. The molecule has 0 aliphatic carbocycles. The maximum absolute atomic E-state index is 12.7. The molecule has 0 heterocycles. The zero-order chi connectivity index (χ0) is 20.8. The van der Waals surface area contributed by atoms with E-state index in [4.69, 9.17) is 17.3 Å². The third-order valence-electron chi connectivity index (χ3n) is 3.25. The number of nitrogens with two attached hydrogens (primary N) is 1. The highest BCUT2D eigenvalue weighted by Crippen LogP contribution is 2.38. The lowest BCUT2D eigenvalue weighted by atomic mass is 10.2. The Morgan fingerprint density at radius 1 is 1.29 bits per heavy atom. The average molecular weight is 448 g/mol. The highest BCUT2D eigenvalue weighted by Gasteiger charge is 2.19. The SMILES string of the molecule is NC(=O)c1ccc(SCC(=O)Nc2cccc(Cl)c2SC(F)F)c([N+](=O)[O-])c1. The minimum absolute atomic E-state index is 0.0225. The van der Waals surface area contributed by atoms with E-state index in [0.717, 1.165) is 17.8 Å². The Morgan fingerprint density at radius 2 is 2.00 bits per heavy atom. The smallest absolute Gasteiger partial charge is 0.289 e. The summed E-state index contributed by atoms with van der Waals surface area (Å²) >= 11 is 6.95. The third-order valence-corrected chi connectivity index (χ3v) is 5.59. The van der Waals surface area contributed by atoms with Crippen LogP contribution in [0.2, 0.25) is 5.02 Å². The van der Waals surface area contributed by atoms with Gasteiger partial charge in [-0.25, -0.2) is 0 Å². The lowest BCUT2D eigenvalue weighted by molar-refractivity contribution is -0.387. The molecule has 0 unspecified atom stereocenters. The molecule has 0 radical (unpaired) electrons. The molecule has 2 aromatic rings. The molecule has 0 atom stereocenters. The number of alkyl halides is 2. The van der Waals surface area contributed by atoms with Crippen molar-refractivity contribution in [2.75, 3.05) is 11.1 Å². The van der Waals surface area contributed by atoms with Gasteiger partial charge in [-0.1, -0.05) is 29.4 Å². The minimum Gasteiger partial charge on any atom is -0.366 e. The van der Waals surface area contributed by atoms with E-state index in [2.05, 4.69) is 5.32 Å². The number of rotatable bonds is 8. The van der Waals surface area contributed by atoms with E-state index < -0.39 is 22.5 Å². The standard InChI is InChI=1S/C16H12ClF2N3O4S2/c17-9-2-1-3-10(14(9)28-16(18)19)21-13(23)7-27-12-5-4-8(15(20)24)6-11(12)22(25)26/h1-6,16H,7H2,(H2,20,24)(H,21,23). The Hall–Kier alpha value is -2.37. The van der Waals surface area contributed by atoms with Crippen LogP contribution in [0.1, 0.15) is 10.4 Å². The van der Waals surface area contributed by atoms with E-state index in [1.807, 2.05) is 0 Å². The van der Waals surface area contributed by atoms with Crippen molar-refractivity contribution >= 4 is 58.3 Å². The Morgan fingerprint density at radius 3 is 2.61 bits per heavy atom. The highest BCUT2D eigenvalue weighted by atomic mass is 35.5. The first-order chi connectivity index (χ1) is 13.2. The monoisotopic (exact) mass is 447 g/mol. The van der Waals surface area contributed by atoms with E-state index in [1.165, 1.54) is 30.3 Å². The van der Waals surface area contributed by atoms with Crippen LogP contribution in [0.5, 0.6) is 0 Å². The lowest BCUT2D eigenvalue weighted by Crippen LogP contribution is -2.15. The number of halogens is 3. The van der Waals surface area contributed by atoms with E-state index in [9.17, 15) is 28.5 Å². The maximum Gasteiger partial charge on any atom is 0.289 e. The first-order valence-corrected chi connectivity index (χ1v) is 9.67. The van der Waals surface area contributed by atoms with Crippen LogP contribution in [0.15, 0.2) is 46.2 Å². The first kappa shape index (κ1) is 21.9. The summed E-state index contributed by atoms with van der Waals surface area (Å²) in [7, 11) is 0. The second-order valence-electron chi connectivity index (χ2n) is 5.14. The van der Waals surface area contributed by atoms with Crippen LogP contribution in [0, 0.1) is 10.1 Å². The molecule has 0 aliphatic heterocycles. The molecule has 0 bridgehead atoms. The molecule has 0 saturated carbocycles. The predicted molar refractivity (Wildman–Crippen MR) is 104 cm³/mol. The van der Waals surface area contributed by atoms with Crippen LogP contribution in [0.3, 0.4) is 0 Å². The van der Waals surface area contributed by atoms with Crippen LogP contribution < -0.4 is 11.1 Å². The topological polar surface area (TPSA) is 115 Å². The molecule has 0 fully saturated rings. The molecule has 2 amide bonds. The van der Waals surface area contributed by atoms with Crippen molar-refractivity contribution in [1.82, 2.24) is 0 Å². The Kier molecular flexibility index (Phi) is 7.61. The number of hydrogen-bond acceptors (Lipinski definition) is 6. The van der Waals surface area contributed by atoms with Gasteiger partial charge in [-0.2, -0.15) is 8.78 Å². The Labute approximate surface area is 171 Å². The number of amides is 2. The number of carbonyl (C=O) groups excluding carboxylic acids is 2. The minimum atomic E-state index is -2.73. The van der Waals surface area contributed by atoms with Crippen molar-refractivity contribution in [2.24, 2.45) is 5.73 Å². The van der Waals surface area contributed by atoms with Crippen molar-refractivity contribution in [3.05, 3.63) is 57.1 Å². The van der Waals surface area contributed by atoms with Crippen LogP contribution in [-0.2, 0) is 4.79 Å². The number of benzene rings is 2. The van der Waals surface area contributed by atoms with E-state index in [1.54, 1.807) is 0 Å². The van der Waals surface area contributed by atoms with Gasteiger partial charge in [-0.3, -0.25) is 19.7 Å². The summed E-state index contributed by atoms with van der Waals surface area (Å²) in [6.07, 6.45) is 0. The van der Waals surface area contributed by atoms with Crippen molar-refractivity contribution in [3.8, 4) is 0 Å². The lowest BCUT2D eigenvalue weighted by Gasteiger charge is -2.12. The second kappa shape index (κ2) is 9.71. The number of hydrogen-bond donors (Lipinski definition) is 2. The normalized spacial score (nSPS) is 10.7. The zero-order valence-electron chi connectivity index (χ0n) is 13.9. The van der Waals surface area contributed by atoms with Gasteiger partial charge in [0, 0.05) is 11.6 Å². The van der Waals surface area contributed by atoms with E-state index >= 15 is 0 Å². The molecule has 12 heteroatoms. The van der Waals surface area contributed by atoms with Gasteiger partial charge >= 0.3 is 0 Å². The van der Waals surface area contributed by atoms with E-state index in [-0.39, 0.29) is 49.3 Å². The van der Waals surface area contributed by atoms with Gasteiger partial charge in [-0.05, 0) is 24.3 Å². The number of nitro benzene ring substituents is 1. The van der Waals surface area contributed by atoms with E-state index in [0.29, 0.717) is 0 Å². The molecule has 7 nitrogen and oxygen atoms in total. The fraction of sp³-hybridized carbons (Fsp3) is 0.125. The summed E-state index contributed by atoms with van der Waals surface area (Å²) in [6.45, 7) is 0. The number of carbonyl (C=O) groups is 2. The molecule has 148 valence electrons. The third kappa shape index (κ3) is 5.81. The van der Waals surface area contributed by atoms with Gasteiger partial charge in [0.2, 0.25) is 11.8 Å². The average Bonchev–Trinajstić information content (AvgIpc) is 2.62. The summed E-state index contributed by atoms with van der Waals surface area (Å²) in [6, 6.07) is 7.98. The number of nitrogens with zero attached hydrogens (tertiary/aromatic N) is 1. The van der Waals surface area contributed by atoms with Crippen LogP contribution >= 0.6 is 35.1 Å². The van der Waals surface area contributed by atoms with Gasteiger partial charge in [0.25, 0.3) is 11.4 Å². The van der Waals surface area contributed by atoms with Crippen molar-refractivity contribution in [1.29, 1.82) is 0 Å². The molecule has 28 heavy (non-hydrogen) atoms. The molecule has 2 rings (SSSR count). The predicted octanol–water partition coefficient (Wildman–Crippen LogP) is 4.39. The number of anilines is 1. The molecule has 0 aromatic heterocycles. The number of thioether (sulfide) groups is 2. The quantitative estimate of drug-likeness (QED) is 0.352. The van der Waals surface area contributed by atoms with Crippen molar-refractivity contribution in [2.45, 2.75) is 15.5 Å². The fourth-order valence-electron chi connectivity index (χ4n) is 2.08. The van der Waals surface area contributed by atoms with Gasteiger partial charge < -0.3 is 11.1 Å². The largest absolute Gasteiger partial charge is 0.366 e. The van der Waals surface area contributed by atoms with Gasteiger partial charge in [0.15, 0.2) is 0 Å². The van der Waals surface area contributed by atoms with Crippen molar-refractivity contribution in [3.63, 3.8) is 0 Å². The highest BCUT2D eigenvalue weighted by molar-refractivity contribution is 8.00. The molecule has 0 spiro atoms. The van der Waals surface area contributed by atoms with Crippen LogP contribution in [0.25, 0.3) is 0 Å². The molecule has 2 aromatic carbocycles. The number of nitrogens with one attached hydrogen (secondary N) is 1. The summed E-state index contributed by atoms with van der Waals surface area (Å²) in [5.74, 6) is -4.35. The summed E-state index contributed by atoms with van der Waals surface area (Å²) < 4.78 is 25.4. The van der Waals surface area contributed by atoms with Gasteiger partial charge in [0.1, 0.15) is 0 Å². The zero-order valence-corrected chi connectivity index (χ0v) is 16.2. The van der Waals surface area contributed by atoms with Crippen molar-refractivity contribution < 1.29 is 23.3 Å². The Balaban J connectivity index is 2.13. The molecular formula is C16H12ClF2N3O4S2. The van der Waals surface area contributed by atoms with Crippen LogP contribution in [-0.4, -0.2) is 28.2 Å². The fourth-order valence-corrected chi connectivity index (χ4v) is 3.80.